The molecule has 0 bridgehead atoms. The molecule has 1 aromatic carbocycles. The summed E-state index contributed by atoms with van der Waals surface area (Å²) in [4.78, 5) is 2.19. The van der Waals surface area contributed by atoms with Crippen LogP contribution in [0.3, 0.4) is 0 Å². The Morgan fingerprint density at radius 2 is 2.00 bits per heavy atom. The van der Waals surface area contributed by atoms with Gasteiger partial charge in [0.05, 0.1) is 6.10 Å². The fraction of sp³-hybridized carbons (Fsp3) is 0.562. The number of aliphatic hydroxyl groups is 1. The van der Waals surface area contributed by atoms with Crippen molar-refractivity contribution in [2.24, 2.45) is 0 Å². The topological polar surface area (TPSA) is 23.5 Å². The largest absolute Gasteiger partial charge is 0.393 e. The highest BCUT2D eigenvalue weighted by Crippen LogP contribution is 2.41. The van der Waals surface area contributed by atoms with Crippen LogP contribution >= 0.6 is 0 Å². The Kier molecular flexibility index (Phi) is 4.03. The molecule has 1 aliphatic carbocycles. The number of aliphatic hydroxyl groups excluding tert-OH is 1. The molecule has 2 fully saturated rings. The molecule has 1 N–H and O–H groups in total. The molecule has 1 heterocycles. The van der Waals surface area contributed by atoms with Crippen molar-refractivity contribution in [3.8, 4) is 0 Å². The summed E-state index contributed by atoms with van der Waals surface area (Å²) in [7, 11) is 0. The Bertz CT molecular complexity index is 480. The van der Waals surface area contributed by atoms with Gasteiger partial charge in [-0.3, -0.25) is 4.90 Å². The van der Waals surface area contributed by atoms with Gasteiger partial charge in [0, 0.05) is 17.6 Å². The summed E-state index contributed by atoms with van der Waals surface area (Å²) in [6, 6.07) is 4.82. The highest BCUT2D eigenvalue weighted by molar-refractivity contribution is 5.24. The van der Waals surface area contributed by atoms with Crippen LogP contribution in [0, 0.1) is 17.7 Å². The first-order chi connectivity index (χ1) is 9.65. The van der Waals surface area contributed by atoms with Gasteiger partial charge in [0.15, 0.2) is 0 Å². The number of nitrogens with zero attached hydrogens (tertiary/aromatic N) is 1. The average Bonchev–Trinajstić information content (AvgIpc) is 2.90. The van der Waals surface area contributed by atoms with Gasteiger partial charge in [-0.15, -0.1) is 0 Å². The van der Waals surface area contributed by atoms with Crippen LogP contribution in [0.1, 0.15) is 50.1 Å². The molecule has 1 aliphatic heterocycles. The second-order valence-corrected chi connectivity index (χ2v) is 5.83. The molecule has 2 nitrogen and oxygen atoms in total. The van der Waals surface area contributed by atoms with Crippen LogP contribution < -0.4 is 0 Å². The molecule has 2 aliphatic rings. The average molecular weight is 280 g/mol. The zero-order valence-corrected chi connectivity index (χ0v) is 11.5. The number of halogens is 2. The maximum Gasteiger partial charge on any atom is 0.128 e. The van der Waals surface area contributed by atoms with Crippen LogP contribution in [0.5, 0.6) is 0 Å². The maximum atomic E-state index is 14.0. The zero-order valence-electron chi connectivity index (χ0n) is 11.5. The highest BCUT2D eigenvalue weighted by Gasteiger charge is 2.36. The zero-order chi connectivity index (χ0) is 14.1. The van der Waals surface area contributed by atoms with Gasteiger partial charge in [0.25, 0.3) is 0 Å². The minimum Gasteiger partial charge on any atom is -0.393 e. The van der Waals surface area contributed by atoms with Crippen molar-refractivity contribution in [2.45, 2.75) is 50.7 Å². The molecular weight excluding hydrogens is 260 g/mol. The van der Waals surface area contributed by atoms with Gasteiger partial charge >= 0.3 is 0 Å². The Labute approximate surface area is 118 Å². The fourth-order valence-corrected chi connectivity index (χ4v) is 3.52. The molecule has 4 heteroatoms. The maximum absolute atomic E-state index is 14.0. The van der Waals surface area contributed by atoms with Gasteiger partial charge in [0.2, 0.25) is 0 Å². The third-order valence-electron chi connectivity index (χ3n) is 4.45. The molecule has 20 heavy (non-hydrogen) atoms. The third-order valence-corrected chi connectivity index (χ3v) is 4.45. The Hall–Kier alpha value is -1.00. The summed E-state index contributed by atoms with van der Waals surface area (Å²) in [6.07, 6.45) is 5.01. The van der Waals surface area contributed by atoms with E-state index in [0.29, 0.717) is 12.0 Å². The number of hydrogen-bond acceptors (Lipinski definition) is 2. The van der Waals surface area contributed by atoms with E-state index < -0.39 is 0 Å². The number of benzene rings is 1. The Morgan fingerprint density at radius 3 is 2.80 bits per heavy atom. The number of rotatable bonds is 2. The van der Waals surface area contributed by atoms with Gasteiger partial charge < -0.3 is 5.11 Å². The highest BCUT2D eigenvalue weighted by atomic mass is 19.1. The molecule has 1 aromatic rings. The van der Waals surface area contributed by atoms with Gasteiger partial charge in [0.1, 0.15) is 11.6 Å². The lowest BCUT2D eigenvalue weighted by atomic mass is 9.90. The predicted octanol–water partition coefficient (Wildman–Crippen LogP) is 3.57. The molecular formula is C16H20F2NO. The predicted molar refractivity (Wildman–Crippen MR) is 72.8 cm³/mol. The van der Waals surface area contributed by atoms with Crippen LogP contribution in [0.2, 0.25) is 0 Å². The lowest BCUT2D eigenvalue weighted by Gasteiger charge is -2.36. The molecule has 1 saturated carbocycles. The van der Waals surface area contributed by atoms with Gasteiger partial charge in [-0.25, -0.2) is 8.78 Å². The van der Waals surface area contributed by atoms with Crippen molar-refractivity contribution in [1.29, 1.82) is 0 Å². The summed E-state index contributed by atoms with van der Waals surface area (Å²) in [6.45, 7) is 0.878. The molecule has 109 valence electrons. The fourth-order valence-electron chi connectivity index (χ4n) is 3.52. The van der Waals surface area contributed by atoms with Crippen LogP contribution in [-0.4, -0.2) is 22.7 Å². The second-order valence-electron chi connectivity index (χ2n) is 5.83. The van der Waals surface area contributed by atoms with Crippen molar-refractivity contribution >= 4 is 0 Å². The summed E-state index contributed by atoms with van der Waals surface area (Å²) in [5.41, 5.74) is 0.454. The van der Waals surface area contributed by atoms with Crippen molar-refractivity contribution in [3.63, 3.8) is 0 Å². The summed E-state index contributed by atoms with van der Waals surface area (Å²) in [5, 5.41) is 9.81. The van der Waals surface area contributed by atoms with E-state index in [2.05, 4.69) is 4.90 Å². The van der Waals surface area contributed by atoms with Gasteiger partial charge in [-0.2, -0.15) is 0 Å². The summed E-state index contributed by atoms with van der Waals surface area (Å²) < 4.78 is 27.4. The Balaban J connectivity index is 1.83. The smallest absolute Gasteiger partial charge is 0.128 e. The third kappa shape index (κ3) is 2.72. The van der Waals surface area contributed by atoms with Crippen molar-refractivity contribution < 1.29 is 13.9 Å². The molecule has 2 atom stereocenters. The van der Waals surface area contributed by atoms with E-state index in [4.69, 9.17) is 0 Å². The monoisotopic (exact) mass is 280 g/mol. The SMILES string of the molecule is OC1CCC[C](N2CCC[C@@H]2c2cc(F)ccc2F)C1. The summed E-state index contributed by atoms with van der Waals surface area (Å²) >= 11 is 0. The van der Waals surface area contributed by atoms with Gasteiger partial charge in [-0.1, -0.05) is 0 Å². The molecule has 3 rings (SSSR count). The standard InChI is InChI=1S/C16H20F2NO/c17-11-6-7-15(18)14(9-11)16-5-2-8-19(16)12-3-1-4-13(20)10-12/h6-7,9,13,16,20H,1-5,8,10H2/t13?,16-/m1/s1. The first kappa shape index (κ1) is 14.0. The van der Waals surface area contributed by atoms with Gasteiger partial charge in [-0.05, 0) is 63.3 Å². The van der Waals surface area contributed by atoms with E-state index in [-0.39, 0.29) is 23.8 Å². The van der Waals surface area contributed by atoms with Crippen molar-refractivity contribution in [3.05, 3.63) is 41.4 Å². The molecule has 1 saturated heterocycles. The first-order valence-electron chi connectivity index (χ1n) is 7.39. The quantitative estimate of drug-likeness (QED) is 0.895. The van der Waals surface area contributed by atoms with E-state index >= 15 is 0 Å². The number of hydrogen-bond donors (Lipinski definition) is 1. The number of likely N-dealkylation sites (tertiary alicyclic amines) is 1. The van der Waals surface area contributed by atoms with Crippen LogP contribution in [-0.2, 0) is 0 Å². The van der Waals surface area contributed by atoms with E-state index in [1.54, 1.807) is 0 Å². The van der Waals surface area contributed by atoms with Crippen molar-refractivity contribution in [2.75, 3.05) is 6.54 Å². The Morgan fingerprint density at radius 1 is 1.15 bits per heavy atom. The normalized spacial score (nSPS) is 28.9. The molecule has 0 aromatic heterocycles. The van der Waals surface area contributed by atoms with E-state index in [1.807, 2.05) is 0 Å². The summed E-state index contributed by atoms with van der Waals surface area (Å²) in [5.74, 6) is -0.720. The van der Waals surface area contributed by atoms with E-state index in [1.165, 1.54) is 18.2 Å². The first-order valence-corrected chi connectivity index (χ1v) is 7.39. The lowest BCUT2D eigenvalue weighted by molar-refractivity contribution is 0.101. The minimum atomic E-state index is -0.387. The van der Waals surface area contributed by atoms with Crippen LogP contribution in [0.25, 0.3) is 0 Å². The minimum absolute atomic E-state index is 0.0778. The molecule has 0 spiro atoms. The molecule has 0 amide bonds. The second kappa shape index (κ2) is 5.78. The molecule has 1 radical (unpaired) electrons. The van der Waals surface area contributed by atoms with Crippen molar-refractivity contribution in [1.82, 2.24) is 4.90 Å². The van der Waals surface area contributed by atoms with Crippen LogP contribution in [0.15, 0.2) is 18.2 Å². The van der Waals surface area contributed by atoms with E-state index in [0.717, 1.165) is 44.7 Å². The van der Waals surface area contributed by atoms with Crippen LogP contribution in [0.4, 0.5) is 8.78 Å². The lowest BCUT2D eigenvalue weighted by Crippen LogP contribution is -2.34. The van der Waals surface area contributed by atoms with E-state index in [9.17, 15) is 13.9 Å². The molecule has 1 unspecified atom stereocenters.